The molecule has 0 bridgehead atoms. The number of halogens is 6. The number of benzene rings is 4. The van der Waals surface area contributed by atoms with Gasteiger partial charge in [-0.3, -0.25) is 24.5 Å². The van der Waals surface area contributed by atoms with E-state index in [4.69, 9.17) is 9.47 Å². The molecule has 1 amide bonds. The molecule has 3 heterocycles. The Labute approximate surface area is 353 Å². The van der Waals surface area contributed by atoms with Crippen LogP contribution in [0.25, 0.3) is 0 Å². The number of amides is 1. The number of carbonyl (C=O) groups excluding carboxylic acids is 2. The van der Waals surface area contributed by atoms with Gasteiger partial charge in [0.05, 0.1) is 41.4 Å². The summed E-state index contributed by atoms with van der Waals surface area (Å²) in [6, 6.07) is 28.5. The Bertz CT molecular complexity index is 2320. The number of Topliss-reactive ketones (excluding diaryl/α,β-unsaturated/α-hetero) is 1. The minimum Gasteiger partial charge on any atom is -0.494 e. The Kier molecular flexibility index (Phi) is 14.9. The van der Waals surface area contributed by atoms with E-state index in [9.17, 15) is 35.9 Å². The van der Waals surface area contributed by atoms with Crippen LogP contribution in [0.2, 0.25) is 0 Å². The van der Waals surface area contributed by atoms with Gasteiger partial charge in [-0.15, -0.1) is 11.3 Å². The zero-order valence-electron chi connectivity index (χ0n) is 33.0. The molecular weight excluding hydrogens is 819 g/mol. The second kappa shape index (κ2) is 20.5. The minimum atomic E-state index is -4.45. The van der Waals surface area contributed by atoms with Crippen molar-refractivity contribution in [1.29, 1.82) is 0 Å². The molecule has 318 valence electrons. The van der Waals surface area contributed by atoms with Crippen LogP contribution in [0, 0.1) is 6.92 Å². The van der Waals surface area contributed by atoms with Crippen molar-refractivity contribution in [3.8, 4) is 11.5 Å². The van der Waals surface area contributed by atoms with Crippen LogP contribution in [0.15, 0.2) is 133 Å². The molecule has 8 nitrogen and oxygen atoms in total. The highest BCUT2D eigenvalue weighted by atomic mass is 32.1. The van der Waals surface area contributed by atoms with Crippen LogP contribution in [-0.4, -0.2) is 57.8 Å². The fourth-order valence-electron chi connectivity index (χ4n) is 6.71. The maximum atomic E-state index is 13.0. The van der Waals surface area contributed by atoms with E-state index in [2.05, 4.69) is 39.1 Å². The summed E-state index contributed by atoms with van der Waals surface area (Å²) in [5.41, 5.74) is 5.33. The van der Waals surface area contributed by atoms with Gasteiger partial charge in [0.2, 0.25) is 0 Å². The number of carbonyl (C=O) groups is 2. The van der Waals surface area contributed by atoms with Crippen molar-refractivity contribution in [1.82, 2.24) is 19.8 Å². The van der Waals surface area contributed by atoms with Gasteiger partial charge in [0, 0.05) is 43.1 Å². The van der Waals surface area contributed by atoms with Crippen LogP contribution in [-0.2, 0) is 36.7 Å². The third-order valence-corrected chi connectivity index (χ3v) is 10.8. The summed E-state index contributed by atoms with van der Waals surface area (Å²) in [5, 5.41) is 0. The van der Waals surface area contributed by atoms with Crippen LogP contribution in [0.4, 0.5) is 26.3 Å². The van der Waals surface area contributed by atoms with E-state index in [1.807, 2.05) is 42.9 Å². The van der Waals surface area contributed by atoms with Gasteiger partial charge < -0.3 is 14.4 Å². The standard InChI is InChI=1S/C24H21F3N2O3.C22H21F3N2OS/c1-17-5-2-3-6-19(17)14-29(23(31)18-7-4-12-28-13-18)15-21(30)16-32-22-10-8-20(9-11-22)24(25,26)27;23-22(24,25)18-6-8-19(9-7-18)28-11-3-10-27-14-17-5-2-1-4-16(17)12-20(27)21-13-26-15-29-21/h2-13H,14-16H2,1H3;1-2,4-9,13,15,20H,3,10-12,14H2. The predicted octanol–water partition coefficient (Wildman–Crippen LogP) is 10.4. The van der Waals surface area contributed by atoms with Crippen LogP contribution in [0.1, 0.15) is 61.1 Å². The quantitative estimate of drug-likeness (QED) is 0.0797. The van der Waals surface area contributed by atoms with Crippen molar-refractivity contribution in [3.05, 3.63) is 177 Å². The first-order valence-electron chi connectivity index (χ1n) is 19.3. The van der Waals surface area contributed by atoms with Crippen molar-refractivity contribution in [3.63, 3.8) is 0 Å². The van der Waals surface area contributed by atoms with E-state index in [0.717, 1.165) is 73.5 Å². The molecule has 1 atom stereocenters. The highest BCUT2D eigenvalue weighted by molar-refractivity contribution is 7.09. The molecule has 15 heteroatoms. The van der Waals surface area contributed by atoms with Crippen molar-refractivity contribution < 1.29 is 45.4 Å². The van der Waals surface area contributed by atoms with Crippen LogP contribution in [0.3, 0.4) is 0 Å². The fourth-order valence-corrected chi connectivity index (χ4v) is 7.46. The number of rotatable bonds is 14. The molecule has 7 rings (SSSR count). The molecule has 4 aromatic carbocycles. The number of ketones is 1. The number of nitrogens with zero attached hydrogens (tertiary/aromatic N) is 4. The van der Waals surface area contributed by atoms with Crippen molar-refractivity contribution in [2.45, 2.75) is 51.2 Å². The lowest BCUT2D eigenvalue weighted by atomic mass is 9.93. The molecule has 0 fully saturated rings. The third-order valence-electron chi connectivity index (χ3n) is 9.93. The first-order chi connectivity index (χ1) is 29.2. The average molecular weight is 861 g/mol. The fraction of sp³-hybridized carbons (Fsp3) is 0.261. The van der Waals surface area contributed by atoms with E-state index in [0.29, 0.717) is 24.0 Å². The number of fused-ring (bicyclic) bond motifs is 1. The van der Waals surface area contributed by atoms with Gasteiger partial charge in [0.25, 0.3) is 5.91 Å². The highest BCUT2D eigenvalue weighted by Gasteiger charge is 2.31. The molecule has 1 unspecified atom stereocenters. The SMILES string of the molecule is Cc1ccccc1CN(CC(=O)COc1ccc(C(F)(F)F)cc1)C(=O)c1cccnc1.FC(F)(F)c1ccc(OCCCN2Cc3ccccc3CC2c2cncs2)cc1. The minimum absolute atomic E-state index is 0.135. The summed E-state index contributed by atoms with van der Waals surface area (Å²) in [6.45, 7) is 3.71. The van der Waals surface area contributed by atoms with Crippen molar-refractivity contribution >= 4 is 23.0 Å². The first kappa shape index (κ1) is 44.5. The monoisotopic (exact) mass is 860 g/mol. The van der Waals surface area contributed by atoms with Crippen LogP contribution in [0.5, 0.6) is 11.5 Å². The molecule has 0 spiro atoms. The number of alkyl halides is 6. The maximum absolute atomic E-state index is 13.0. The topological polar surface area (TPSA) is 84.9 Å². The second-order valence-corrected chi connectivity index (χ2v) is 15.2. The van der Waals surface area contributed by atoms with E-state index in [-0.39, 0.29) is 31.4 Å². The van der Waals surface area contributed by atoms with Crippen molar-refractivity contribution in [2.75, 3.05) is 26.3 Å². The van der Waals surface area contributed by atoms with Crippen LogP contribution < -0.4 is 9.47 Å². The molecule has 0 saturated carbocycles. The molecule has 0 saturated heterocycles. The second-order valence-electron chi connectivity index (χ2n) is 14.3. The Balaban J connectivity index is 0.000000205. The largest absolute Gasteiger partial charge is 0.494 e. The number of hydrogen-bond acceptors (Lipinski definition) is 8. The van der Waals surface area contributed by atoms with E-state index < -0.39 is 29.3 Å². The van der Waals surface area contributed by atoms with Gasteiger partial charge in [-0.05, 0) is 103 Å². The summed E-state index contributed by atoms with van der Waals surface area (Å²) in [5.74, 6) is -0.156. The van der Waals surface area contributed by atoms with Gasteiger partial charge in [0.15, 0.2) is 5.78 Å². The Morgan fingerprint density at radius 2 is 1.41 bits per heavy atom. The summed E-state index contributed by atoms with van der Waals surface area (Å²) >= 11 is 1.67. The lowest BCUT2D eigenvalue weighted by molar-refractivity contribution is -0.138. The van der Waals surface area contributed by atoms with Gasteiger partial charge in [0.1, 0.15) is 18.1 Å². The van der Waals surface area contributed by atoms with Gasteiger partial charge in [-0.2, -0.15) is 26.3 Å². The number of aryl methyl sites for hydroxylation is 1. The van der Waals surface area contributed by atoms with Crippen LogP contribution >= 0.6 is 11.3 Å². The van der Waals surface area contributed by atoms with E-state index in [1.165, 1.54) is 39.2 Å². The maximum Gasteiger partial charge on any atom is 0.416 e. The first-order valence-corrected chi connectivity index (χ1v) is 20.2. The lowest BCUT2D eigenvalue weighted by Crippen LogP contribution is -2.37. The molecule has 0 N–H and O–H groups in total. The molecule has 0 aliphatic carbocycles. The lowest BCUT2D eigenvalue weighted by Gasteiger charge is -2.36. The van der Waals surface area contributed by atoms with Gasteiger partial charge >= 0.3 is 12.4 Å². The number of pyridine rings is 1. The van der Waals surface area contributed by atoms with Gasteiger partial charge in [-0.25, -0.2) is 0 Å². The molecular formula is C46H42F6N4O4S. The molecule has 0 radical (unpaired) electrons. The number of ether oxygens (including phenoxy) is 2. The smallest absolute Gasteiger partial charge is 0.416 e. The average Bonchev–Trinajstić information content (AvgIpc) is 3.80. The van der Waals surface area contributed by atoms with Gasteiger partial charge in [-0.1, -0.05) is 48.5 Å². The van der Waals surface area contributed by atoms with Crippen molar-refractivity contribution in [2.24, 2.45) is 0 Å². The number of thiazole rings is 1. The zero-order valence-corrected chi connectivity index (χ0v) is 33.9. The molecule has 61 heavy (non-hydrogen) atoms. The number of aromatic nitrogens is 2. The Morgan fingerprint density at radius 1 is 0.770 bits per heavy atom. The Hall–Kier alpha value is -6.06. The predicted molar refractivity (Wildman–Crippen MR) is 219 cm³/mol. The summed E-state index contributed by atoms with van der Waals surface area (Å²) in [7, 11) is 0. The third kappa shape index (κ3) is 12.7. The zero-order chi connectivity index (χ0) is 43.4. The molecule has 2 aromatic heterocycles. The van der Waals surface area contributed by atoms with E-state index >= 15 is 0 Å². The summed E-state index contributed by atoms with van der Waals surface area (Å²) < 4.78 is 86.9. The number of hydrogen-bond donors (Lipinski definition) is 0. The van der Waals surface area contributed by atoms with E-state index in [1.54, 1.807) is 29.7 Å². The summed E-state index contributed by atoms with van der Waals surface area (Å²) in [4.78, 5) is 38.8. The normalized spacial score (nSPS) is 14.0. The molecule has 6 aromatic rings. The highest BCUT2D eigenvalue weighted by Crippen LogP contribution is 2.35. The molecule has 1 aliphatic rings. The summed E-state index contributed by atoms with van der Waals surface area (Å²) in [6.07, 6.45) is -2.11. The molecule has 1 aliphatic heterocycles. The Morgan fingerprint density at radius 3 is 2.02 bits per heavy atom.